The summed E-state index contributed by atoms with van der Waals surface area (Å²) in [6.07, 6.45) is 0.749. The largest absolute Gasteiger partial charge is 0.354 e. The Morgan fingerprint density at radius 2 is 1.51 bits per heavy atom. The Hall–Kier alpha value is -3.36. The molecule has 0 fully saturated rings. The van der Waals surface area contributed by atoms with Crippen molar-refractivity contribution >= 4 is 39.1 Å². The first-order valence-corrected chi connectivity index (χ1v) is 14.9. The van der Waals surface area contributed by atoms with Crippen LogP contribution in [-0.2, 0) is 26.2 Å². The Labute approximate surface area is 236 Å². The number of benzene rings is 3. The van der Waals surface area contributed by atoms with Crippen LogP contribution in [0.25, 0.3) is 0 Å². The maximum atomic E-state index is 13.9. The smallest absolute Gasteiger partial charge is 0.264 e. The summed E-state index contributed by atoms with van der Waals surface area (Å²) in [7, 11) is -4.09. The molecular weight excluding hydrogens is 534 g/mol. The van der Waals surface area contributed by atoms with Crippen LogP contribution in [-0.4, -0.2) is 44.3 Å². The number of sulfonamides is 1. The average Bonchev–Trinajstić information content (AvgIpc) is 2.94. The van der Waals surface area contributed by atoms with Crippen LogP contribution in [0, 0.1) is 0 Å². The quantitative estimate of drug-likeness (QED) is 0.307. The molecule has 0 bridgehead atoms. The molecular formula is C30H36ClN3O4S. The molecule has 3 rings (SSSR count). The Kier molecular flexibility index (Phi) is 10.5. The standard InChI is InChI=1S/C30H36ClN3O4S/c1-5-19-32-30(36)23(4)33(20-24-11-15-26(31)16-12-24)29(35)21-34(27-17-13-25(14-18-27)22(2)3)39(37,38)28-9-7-6-8-10-28/h6-18,22-23H,5,19-21H2,1-4H3,(H,32,36)/t23-/m1/s1. The zero-order valence-electron chi connectivity index (χ0n) is 22.8. The summed E-state index contributed by atoms with van der Waals surface area (Å²) in [6.45, 7) is 7.81. The number of hydrogen-bond acceptors (Lipinski definition) is 4. The highest BCUT2D eigenvalue weighted by molar-refractivity contribution is 7.92. The molecule has 2 amide bonds. The van der Waals surface area contributed by atoms with Crippen molar-refractivity contribution in [2.24, 2.45) is 0 Å². The highest BCUT2D eigenvalue weighted by Crippen LogP contribution is 2.26. The number of rotatable bonds is 12. The predicted molar refractivity (Wildman–Crippen MR) is 156 cm³/mol. The molecule has 0 aromatic heterocycles. The lowest BCUT2D eigenvalue weighted by molar-refractivity contribution is -0.139. The van der Waals surface area contributed by atoms with Crippen LogP contribution < -0.4 is 9.62 Å². The van der Waals surface area contributed by atoms with Gasteiger partial charge in [0.2, 0.25) is 11.8 Å². The van der Waals surface area contributed by atoms with Crippen LogP contribution in [0.5, 0.6) is 0 Å². The van der Waals surface area contributed by atoms with Crippen LogP contribution in [0.4, 0.5) is 5.69 Å². The van der Waals surface area contributed by atoms with E-state index in [1.54, 1.807) is 61.5 Å². The second-order valence-electron chi connectivity index (χ2n) is 9.69. The van der Waals surface area contributed by atoms with Crippen LogP contribution in [0.1, 0.15) is 51.2 Å². The molecule has 39 heavy (non-hydrogen) atoms. The van der Waals surface area contributed by atoms with E-state index in [9.17, 15) is 18.0 Å². The van der Waals surface area contributed by atoms with E-state index in [-0.39, 0.29) is 23.3 Å². The van der Waals surface area contributed by atoms with E-state index in [2.05, 4.69) is 19.2 Å². The number of anilines is 1. The lowest BCUT2D eigenvalue weighted by Crippen LogP contribution is -2.51. The van der Waals surface area contributed by atoms with E-state index in [1.165, 1.54) is 17.0 Å². The SMILES string of the molecule is CCCNC(=O)[C@@H](C)N(Cc1ccc(Cl)cc1)C(=O)CN(c1ccc(C(C)C)cc1)S(=O)(=O)c1ccccc1. The first kappa shape index (κ1) is 30.2. The highest BCUT2D eigenvalue weighted by Gasteiger charge is 2.32. The predicted octanol–water partition coefficient (Wildman–Crippen LogP) is 5.60. The number of nitrogens with zero attached hydrogens (tertiary/aromatic N) is 2. The van der Waals surface area contributed by atoms with Crippen molar-refractivity contribution < 1.29 is 18.0 Å². The van der Waals surface area contributed by atoms with Crippen molar-refractivity contribution in [3.63, 3.8) is 0 Å². The van der Waals surface area contributed by atoms with Gasteiger partial charge < -0.3 is 10.2 Å². The summed E-state index contributed by atoms with van der Waals surface area (Å²) in [4.78, 5) is 28.3. The van der Waals surface area contributed by atoms with Crippen molar-refractivity contribution in [3.05, 3.63) is 95.0 Å². The van der Waals surface area contributed by atoms with Gasteiger partial charge in [0.25, 0.3) is 10.0 Å². The molecule has 208 valence electrons. The number of hydrogen-bond donors (Lipinski definition) is 1. The number of halogens is 1. The number of carbonyl (C=O) groups excluding carboxylic acids is 2. The van der Waals surface area contributed by atoms with Crippen molar-refractivity contribution in [3.8, 4) is 0 Å². The van der Waals surface area contributed by atoms with Gasteiger partial charge in [-0.25, -0.2) is 8.42 Å². The molecule has 0 saturated carbocycles. The Morgan fingerprint density at radius 1 is 0.897 bits per heavy atom. The molecule has 0 aliphatic rings. The Morgan fingerprint density at radius 3 is 2.08 bits per heavy atom. The van der Waals surface area contributed by atoms with Gasteiger partial charge in [-0.2, -0.15) is 0 Å². The first-order chi connectivity index (χ1) is 18.5. The lowest BCUT2D eigenvalue weighted by atomic mass is 10.0. The van der Waals surface area contributed by atoms with Gasteiger partial charge in [-0.15, -0.1) is 0 Å². The summed E-state index contributed by atoms with van der Waals surface area (Å²) < 4.78 is 28.7. The van der Waals surface area contributed by atoms with Gasteiger partial charge in [-0.05, 0) is 66.8 Å². The second kappa shape index (κ2) is 13.6. The summed E-state index contributed by atoms with van der Waals surface area (Å²) in [6, 6.07) is 21.3. The van der Waals surface area contributed by atoms with Crippen LogP contribution in [0.2, 0.25) is 5.02 Å². The minimum atomic E-state index is -4.09. The molecule has 0 aliphatic carbocycles. The van der Waals surface area contributed by atoms with Crippen LogP contribution in [0.15, 0.2) is 83.8 Å². The van der Waals surface area contributed by atoms with Crippen LogP contribution in [0.3, 0.4) is 0 Å². The zero-order valence-corrected chi connectivity index (χ0v) is 24.4. The molecule has 7 nitrogen and oxygen atoms in total. The van der Waals surface area contributed by atoms with E-state index < -0.39 is 28.5 Å². The third-order valence-corrected chi connectivity index (χ3v) is 8.48. The number of amides is 2. The first-order valence-electron chi connectivity index (χ1n) is 13.0. The third kappa shape index (κ3) is 7.83. The molecule has 0 spiro atoms. The molecule has 9 heteroatoms. The number of carbonyl (C=O) groups is 2. The lowest BCUT2D eigenvalue weighted by Gasteiger charge is -2.32. The molecule has 0 radical (unpaired) electrons. The monoisotopic (exact) mass is 569 g/mol. The van der Waals surface area contributed by atoms with Gasteiger partial charge in [-0.1, -0.05) is 74.8 Å². The molecule has 0 aliphatic heterocycles. The van der Waals surface area contributed by atoms with Crippen LogP contribution >= 0.6 is 11.6 Å². The van der Waals surface area contributed by atoms with Gasteiger partial charge in [0.05, 0.1) is 10.6 Å². The van der Waals surface area contributed by atoms with Gasteiger partial charge in [0, 0.05) is 18.1 Å². The van der Waals surface area contributed by atoms with E-state index >= 15 is 0 Å². The second-order valence-corrected chi connectivity index (χ2v) is 12.0. The maximum absolute atomic E-state index is 13.9. The van der Waals surface area contributed by atoms with Gasteiger partial charge in [0.1, 0.15) is 12.6 Å². The number of nitrogens with one attached hydrogen (secondary N) is 1. The van der Waals surface area contributed by atoms with Gasteiger partial charge in [-0.3, -0.25) is 13.9 Å². The third-order valence-electron chi connectivity index (χ3n) is 6.44. The molecule has 3 aromatic carbocycles. The normalized spacial score (nSPS) is 12.2. The minimum absolute atomic E-state index is 0.0729. The van der Waals surface area contributed by atoms with Gasteiger partial charge >= 0.3 is 0 Å². The van der Waals surface area contributed by atoms with E-state index in [1.807, 2.05) is 19.1 Å². The van der Waals surface area contributed by atoms with Crippen molar-refractivity contribution in [2.45, 2.75) is 57.5 Å². The Bertz CT molecular complexity index is 1350. The highest BCUT2D eigenvalue weighted by atomic mass is 35.5. The van der Waals surface area contributed by atoms with Crippen molar-refractivity contribution in [1.29, 1.82) is 0 Å². The molecule has 0 saturated heterocycles. The fraction of sp³-hybridized carbons (Fsp3) is 0.333. The molecule has 1 N–H and O–H groups in total. The topological polar surface area (TPSA) is 86.8 Å². The zero-order chi connectivity index (χ0) is 28.6. The molecule has 3 aromatic rings. The average molecular weight is 570 g/mol. The summed E-state index contributed by atoms with van der Waals surface area (Å²) in [5, 5.41) is 3.39. The summed E-state index contributed by atoms with van der Waals surface area (Å²) in [5.41, 5.74) is 2.18. The Balaban J connectivity index is 2.01. The molecule has 0 unspecified atom stereocenters. The van der Waals surface area contributed by atoms with E-state index in [0.29, 0.717) is 17.3 Å². The minimum Gasteiger partial charge on any atom is -0.354 e. The maximum Gasteiger partial charge on any atom is 0.264 e. The van der Waals surface area contributed by atoms with Gasteiger partial charge in [0.15, 0.2) is 0 Å². The van der Waals surface area contributed by atoms with E-state index in [0.717, 1.165) is 21.9 Å². The van der Waals surface area contributed by atoms with Crippen molar-refractivity contribution in [1.82, 2.24) is 10.2 Å². The fourth-order valence-electron chi connectivity index (χ4n) is 4.04. The molecule has 1 atom stereocenters. The van der Waals surface area contributed by atoms with E-state index in [4.69, 9.17) is 11.6 Å². The summed E-state index contributed by atoms with van der Waals surface area (Å²) >= 11 is 6.04. The van der Waals surface area contributed by atoms with Crippen molar-refractivity contribution in [2.75, 3.05) is 17.4 Å². The fourth-order valence-corrected chi connectivity index (χ4v) is 5.60. The molecule has 0 heterocycles. The summed E-state index contributed by atoms with van der Waals surface area (Å²) in [5.74, 6) is -0.549.